The number of hydrogen-bond acceptors (Lipinski definition) is 5. The number of ether oxygens (including phenoxy) is 2. The van der Waals surface area contributed by atoms with Crippen molar-refractivity contribution in [1.82, 2.24) is 0 Å². The summed E-state index contributed by atoms with van der Waals surface area (Å²) in [4.78, 5) is 16.8. The van der Waals surface area contributed by atoms with Crippen molar-refractivity contribution in [1.29, 1.82) is 0 Å². The van der Waals surface area contributed by atoms with Crippen molar-refractivity contribution in [2.75, 3.05) is 25.1 Å². The first-order valence-electron chi connectivity index (χ1n) is 8.62. The third kappa shape index (κ3) is 6.47. The molecule has 1 N–H and O–H groups in total. The van der Waals surface area contributed by atoms with Crippen LogP contribution in [-0.2, 0) is 9.63 Å². The second kappa shape index (κ2) is 10.8. The first kappa shape index (κ1) is 19.3. The van der Waals surface area contributed by atoms with E-state index in [4.69, 9.17) is 14.3 Å². The zero-order valence-electron chi connectivity index (χ0n) is 15.1. The molecule has 0 unspecified atom stereocenters. The fraction of sp³-hybridized carbons (Fsp3) is 0.300. The smallest absolute Gasteiger partial charge is 0.265 e. The molecule has 6 heteroatoms. The Morgan fingerprint density at radius 3 is 2.62 bits per heavy atom. The number of nitrogens with zero attached hydrogens (tertiary/aromatic N) is 1. The van der Waals surface area contributed by atoms with E-state index in [1.807, 2.05) is 50.2 Å². The number of rotatable bonds is 10. The van der Waals surface area contributed by atoms with Gasteiger partial charge in [0.2, 0.25) is 0 Å². The van der Waals surface area contributed by atoms with Gasteiger partial charge in [-0.1, -0.05) is 30.3 Å². The van der Waals surface area contributed by atoms with Gasteiger partial charge in [0.25, 0.3) is 5.91 Å². The highest BCUT2D eigenvalue weighted by atomic mass is 16.6. The van der Waals surface area contributed by atoms with Crippen molar-refractivity contribution >= 4 is 17.8 Å². The molecule has 0 fully saturated rings. The van der Waals surface area contributed by atoms with Crippen LogP contribution in [0, 0.1) is 0 Å². The monoisotopic (exact) mass is 356 g/mol. The lowest BCUT2D eigenvalue weighted by Gasteiger charge is -2.11. The highest BCUT2D eigenvalue weighted by molar-refractivity contribution is 5.91. The molecule has 2 aromatic carbocycles. The molecule has 26 heavy (non-hydrogen) atoms. The molecule has 0 heterocycles. The predicted molar refractivity (Wildman–Crippen MR) is 102 cm³/mol. The van der Waals surface area contributed by atoms with Crippen LogP contribution in [0.15, 0.2) is 53.7 Å². The minimum absolute atomic E-state index is 0.165. The molecule has 2 rings (SSSR count). The van der Waals surface area contributed by atoms with Gasteiger partial charge in [0.1, 0.15) is 0 Å². The lowest BCUT2D eigenvalue weighted by molar-refractivity contribution is -0.120. The average molecular weight is 356 g/mol. The van der Waals surface area contributed by atoms with E-state index in [1.54, 1.807) is 12.1 Å². The molecule has 0 aliphatic heterocycles. The Kier molecular flexibility index (Phi) is 7.99. The fourth-order valence-corrected chi connectivity index (χ4v) is 2.12. The number of benzene rings is 2. The molecule has 1 amide bonds. The molecule has 0 aromatic heterocycles. The number of hydrogen-bond donors (Lipinski definition) is 1. The second-order valence-electron chi connectivity index (χ2n) is 5.41. The zero-order chi connectivity index (χ0) is 18.6. The van der Waals surface area contributed by atoms with Gasteiger partial charge in [-0.2, -0.15) is 0 Å². The summed E-state index contributed by atoms with van der Waals surface area (Å²) in [7, 11) is 0. The maximum Gasteiger partial charge on any atom is 0.265 e. The van der Waals surface area contributed by atoms with Crippen molar-refractivity contribution < 1.29 is 19.1 Å². The number of carbonyl (C=O) groups is 1. The van der Waals surface area contributed by atoms with Crippen LogP contribution in [0.25, 0.3) is 0 Å². The quantitative estimate of drug-likeness (QED) is 0.518. The summed E-state index contributed by atoms with van der Waals surface area (Å²) in [6, 6.07) is 14.7. The first-order chi connectivity index (χ1) is 12.7. The van der Waals surface area contributed by atoms with Crippen molar-refractivity contribution in [3.8, 4) is 11.5 Å². The van der Waals surface area contributed by atoms with E-state index in [0.29, 0.717) is 30.4 Å². The summed E-state index contributed by atoms with van der Waals surface area (Å²) >= 11 is 0. The van der Waals surface area contributed by atoms with Gasteiger partial charge < -0.3 is 19.6 Å². The standard InChI is InChI=1S/C20H24N2O4/c1-3-12-25-18-11-10-16(13-19(18)24-4-2)14-21-26-15-20(23)22-17-8-6-5-7-9-17/h5-11,13-14H,3-4,12,15H2,1-2H3,(H,22,23)/b21-14+. The third-order valence-corrected chi connectivity index (χ3v) is 3.26. The Bertz CT molecular complexity index is 717. The van der Waals surface area contributed by atoms with Crippen molar-refractivity contribution in [3.63, 3.8) is 0 Å². The SMILES string of the molecule is CCCOc1ccc(/C=N/OCC(=O)Nc2ccccc2)cc1OCC. The maximum atomic E-state index is 11.8. The van der Waals surface area contributed by atoms with Crippen molar-refractivity contribution in [2.45, 2.75) is 20.3 Å². The summed E-state index contributed by atoms with van der Waals surface area (Å²) in [5.41, 5.74) is 1.51. The molecule has 0 saturated carbocycles. The van der Waals surface area contributed by atoms with Crippen LogP contribution < -0.4 is 14.8 Å². The molecular weight excluding hydrogens is 332 g/mol. The molecule has 0 aliphatic carbocycles. The summed E-state index contributed by atoms with van der Waals surface area (Å²) < 4.78 is 11.2. The van der Waals surface area contributed by atoms with E-state index in [0.717, 1.165) is 12.0 Å². The van der Waals surface area contributed by atoms with Crippen LogP contribution >= 0.6 is 0 Å². The minimum atomic E-state index is -0.272. The van der Waals surface area contributed by atoms with Crippen LogP contribution in [0.4, 0.5) is 5.69 Å². The van der Waals surface area contributed by atoms with Gasteiger partial charge in [-0.05, 0) is 43.7 Å². The lowest BCUT2D eigenvalue weighted by Crippen LogP contribution is -2.16. The number of carbonyl (C=O) groups excluding carboxylic acids is 1. The molecule has 0 radical (unpaired) electrons. The molecule has 0 saturated heterocycles. The van der Waals surface area contributed by atoms with Crippen LogP contribution in [0.2, 0.25) is 0 Å². The van der Waals surface area contributed by atoms with Gasteiger partial charge in [0.05, 0.1) is 19.4 Å². The van der Waals surface area contributed by atoms with E-state index >= 15 is 0 Å². The topological polar surface area (TPSA) is 69.2 Å². The van der Waals surface area contributed by atoms with E-state index in [9.17, 15) is 4.79 Å². The van der Waals surface area contributed by atoms with Crippen LogP contribution in [-0.4, -0.2) is 31.9 Å². The van der Waals surface area contributed by atoms with E-state index in [-0.39, 0.29) is 12.5 Å². The largest absolute Gasteiger partial charge is 0.490 e. The van der Waals surface area contributed by atoms with Gasteiger partial charge >= 0.3 is 0 Å². The summed E-state index contributed by atoms with van der Waals surface area (Å²) in [6.07, 6.45) is 2.45. The molecule has 0 spiro atoms. The highest BCUT2D eigenvalue weighted by Gasteiger charge is 2.06. The number of oxime groups is 1. The Morgan fingerprint density at radius 1 is 1.08 bits per heavy atom. The zero-order valence-corrected chi connectivity index (χ0v) is 15.1. The third-order valence-electron chi connectivity index (χ3n) is 3.26. The Labute approximate surface area is 153 Å². The van der Waals surface area contributed by atoms with Gasteiger partial charge in [0, 0.05) is 11.3 Å². The summed E-state index contributed by atoms with van der Waals surface area (Å²) in [6.45, 7) is 4.97. The van der Waals surface area contributed by atoms with Crippen molar-refractivity contribution in [2.24, 2.45) is 5.16 Å². The second-order valence-corrected chi connectivity index (χ2v) is 5.41. The Hall–Kier alpha value is -3.02. The molecule has 0 bridgehead atoms. The number of amides is 1. The van der Waals surface area contributed by atoms with E-state index in [1.165, 1.54) is 6.21 Å². The number of anilines is 1. The molecule has 6 nitrogen and oxygen atoms in total. The summed E-state index contributed by atoms with van der Waals surface area (Å²) in [5.74, 6) is 1.09. The maximum absolute atomic E-state index is 11.8. The van der Waals surface area contributed by atoms with Crippen LogP contribution in [0.3, 0.4) is 0 Å². The minimum Gasteiger partial charge on any atom is -0.490 e. The average Bonchev–Trinajstić information content (AvgIpc) is 2.65. The van der Waals surface area contributed by atoms with Crippen molar-refractivity contribution in [3.05, 3.63) is 54.1 Å². The number of nitrogens with one attached hydrogen (secondary N) is 1. The fourth-order valence-electron chi connectivity index (χ4n) is 2.12. The molecular formula is C20H24N2O4. The normalized spacial score (nSPS) is 10.5. The molecule has 138 valence electrons. The van der Waals surface area contributed by atoms with Gasteiger partial charge in [-0.3, -0.25) is 4.79 Å². The van der Waals surface area contributed by atoms with E-state index in [2.05, 4.69) is 10.5 Å². The first-order valence-corrected chi connectivity index (χ1v) is 8.62. The number of para-hydroxylation sites is 1. The highest BCUT2D eigenvalue weighted by Crippen LogP contribution is 2.28. The Morgan fingerprint density at radius 2 is 1.88 bits per heavy atom. The van der Waals surface area contributed by atoms with Gasteiger partial charge in [-0.25, -0.2) is 0 Å². The van der Waals surface area contributed by atoms with Crippen LogP contribution in [0.5, 0.6) is 11.5 Å². The van der Waals surface area contributed by atoms with E-state index < -0.39 is 0 Å². The van der Waals surface area contributed by atoms with Gasteiger partial charge in [0.15, 0.2) is 18.1 Å². The summed E-state index contributed by atoms with van der Waals surface area (Å²) in [5, 5.41) is 6.55. The molecule has 2 aromatic rings. The van der Waals surface area contributed by atoms with Crippen LogP contribution in [0.1, 0.15) is 25.8 Å². The molecule has 0 aliphatic rings. The van der Waals surface area contributed by atoms with Gasteiger partial charge in [-0.15, -0.1) is 0 Å². The molecule has 0 atom stereocenters. The lowest BCUT2D eigenvalue weighted by atomic mass is 10.2. The Balaban J connectivity index is 1.86. The predicted octanol–water partition coefficient (Wildman–Crippen LogP) is 3.86.